The Balaban J connectivity index is 2.52. The van der Waals surface area contributed by atoms with Gasteiger partial charge in [-0.25, -0.2) is 4.79 Å². The number of aliphatic hydroxyl groups is 1. The molecule has 3 atom stereocenters. The van der Waals surface area contributed by atoms with Gasteiger partial charge in [-0.1, -0.05) is 0 Å². The molecule has 2 N–H and O–H groups in total. The molecule has 0 bridgehead atoms. The van der Waals surface area contributed by atoms with E-state index in [1.165, 1.54) is 7.11 Å². The number of carbonyl (C=O) groups is 1. The molecule has 1 rings (SSSR count). The van der Waals surface area contributed by atoms with Crippen LogP contribution < -0.4 is 4.90 Å². The quantitative estimate of drug-likeness (QED) is 0.428. The van der Waals surface area contributed by atoms with Crippen LogP contribution in [0.4, 0.5) is 0 Å². The maximum absolute atomic E-state index is 11.0. The van der Waals surface area contributed by atoms with Crippen molar-refractivity contribution < 1.29 is 19.5 Å². The van der Waals surface area contributed by atoms with Crippen molar-refractivity contribution in [3.05, 3.63) is 0 Å². The highest BCUT2D eigenvalue weighted by Crippen LogP contribution is 2.01. The second-order valence-electron chi connectivity index (χ2n) is 3.02. The highest BCUT2D eigenvalue weighted by atomic mass is 16.5. The Kier molecular flexibility index (Phi) is 2.46. The minimum Gasteiger partial charge on any atom is -0.465 e. The monoisotopic (exact) mass is 160 g/mol. The second-order valence-corrected chi connectivity index (χ2v) is 3.02. The highest BCUT2D eigenvalue weighted by Gasteiger charge is 2.38. The molecule has 11 heavy (non-hydrogen) atoms. The molecule has 0 aromatic heterocycles. The van der Waals surface area contributed by atoms with Crippen molar-refractivity contribution in [3.8, 4) is 0 Å². The molecular formula is C7H14NO3+. The average Bonchev–Trinajstić information content (AvgIpc) is 2.28. The first kappa shape index (κ1) is 8.49. The molecule has 0 radical (unpaired) electrons. The summed E-state index contributed by atoms with van der Waals surface area (Å²) in [7, 11) is 3.26. The van der Waals surface area contributed by atoms with Gasteiger partial charge in [0.15, 0.2) is 6.04 Å². The molecule has 1 aliphatic heterocycles. The summed E-state index contributed by atoms with van der Waals surface area (Å²) in [6, 6.07) is -0.171. The molecule has 1 heterocycles. The summed E-state index contributed by atoms with van der Waals surface area (Å²) in [4.78, 5) is 12.0. The van der Waals surface area contributed by atoms with Crippen LogP contribution in [0.25, 0.3) is 0 Å². The predicted molar refractivity (Wildman–Crippen MR) is 38.2 cm³/mol. The number of esters is 1. The van der Waals surface area contributed by atoms with Gasteiger partial charge in [-0.15, -0.1) is 0 Å². The number of likely N-dealkylation sites (N-methyl/N-ethyl adjacent to an activating group) is 1. The summed E-state index contributed by atoms with van der Waals surface area (Å²) >= 11 is 0. The van der Waals surface area contributed by atoms with E-state index in [0.717, 1.165) is 4.90 Å². The fourth-order valence-corrected chi connectivity index (χ4v) is 1.51. The van der Waals surface area contributed by atoms with Crippen LogP contribution in [0.15, 0.2) is 0 Å². The molecule has 0 aromatic carbocycles. The summed E-state index contributed by atoms with van der Waals surface area (Å²) < 4.78 is 4.58. The Morgan fingerprint density at radius 1 is 1.73 bits per heavy atom. The van der Waals surface area contributed by atoms with Crippen LogP contribution in [0.1, 0.15) is 6.42 Å². The lowest BCUT2D eigenvalue weighted by molar-refractivity contribution is -0.884. The first-order valence-electron chi connectivity index (χ1n) is 3.73. The molecule has 0 spiro atoms. The molecule has 0 aliphatic carbocycles. The lowest BCUT2D eigenvalue weighted by Crippen LogP contribution is -3.12. The number of methoxy groups -OCH3 is 1. The van der Waals surface area contributed by atoms with Gasteiger partial charge in [0, 0.05) is 6.42 Å². The standard InChI is InChI=1S/C7H13NO3/c1-8-4-5(9)3-6(8)7(10)11-2/h5-6,9H,3-4H2,1-2H3/p+1/t5-,6-/m1/s1. The van der Waals surface area contributed by atoms with Crippen LogP contribution in [0, 0.1) is 0 Å². The number of rotatable bonds is 1. The van der Waals surface area contributed by atoms with Gasteiger partial charge in [0.05, 0.1) is 14.2 Å². The van der Waals surface area contributed by atoms with Gasteiger partial charge in [0.2, 0.25) is 0 Å². The zero-order valence-electron chi connectivity index (χ0n) is 6.83. The molecule has 0 saturated carbocycles. The summed E-state index contributed by atoms with van der Waals surface area (Å²) in [5.41, 5.74) is 0. The topological polar surface area (TPSA) is 51.0 Å². The Morgan fingerprint density at radius 3 is 2.73 bits per heavy atom. The number of carbonyl (C=O) groups excluding carboxylic acids is 1. The largest absolute Gasteiger partial charge is 0.465 e. The molecule has 4 nitrogen and oxygen atoms in total. The van der Waals surface area contributed by atoms with Crippen molar-refractivity contribution in [1.82, 2.24) is 0 Å². The van der Waals surface area contributed by atoms with Gasteiger partial charge in [0.25, 0.3) is 0 Å². The molecule has 0 amide bonds. The van der Waals surface area contributed by atoms with E-state index < -0.39 is 0 Å². The van der Waals surface area contributed by atoms with Gasteiger partial charge in [-0.05, 0) is 0 Å². The smallest absolute Gasteiger partial charge is 0.364 e. The fourth-order valence-electron chi connectivity index (χ4n) is 1.51. The maximum Gasteiger partial charge on any atom is 0.364 e. The van der Waals surface area contributed by atoms with Gasteiger partial charge >= 0.3 is 5.97 Å². The van der Waals surface area contributed by atoms with Crippen LogP contribution >= 0.6 is 0 Å². The highest BCUT2D eigenvalue weighted by molar-refractivity contribution is 5.74. The lowest BCUT2D eigenvalue weighted by Gasteiger charge is -2.12. The molecule has 1 fully saturated rings. The fraction of sp³-hybridized carbons (Fsp3) is 0.857. The van der Waals surface area contributed by atoms with Crippen molar-refractivity contribution in [2.24, 2.45) is 0 Å². The molecular weight excluding hydrogens is 146 g/mol. The predicted octanol–water partition coefficient (Wildman–Crippen LogP) is -2.19. The van der Waals surface area contributed by atoms with Crippen molar-refractivity contribution in [2.75, 3.05) is 20.7 Å². The summed E-state index contributed by atoms with van der Waals surface area (Å²) in [5, 5.41) is 9.19. The minimum atomic E-state index is -0.348. The van der Waals surface area contributed by atoms with E-state index >= 15 is 0 Å². The third-order valence-electron chi connectivity index (χ3n) is 2.15. The van der Waals surface area contributed by atoms with E-state index in [9.17, 15) is 9.90 Å². The van der Waals surface area contributed by atoms with Crippen LogP contribution in [-0.2, 0) is 9.53 Å². The summed E-state index contributed by atoms with van der Waals surface area (Å²) in [5.74, 6) is -0.223. The second kappa shape index (κ2) is 3.19. The number of hydrogen-bond acceptors (Lipinski definition) is 3. The number of hydrogen-bond donors (Lipinski definition) is 2. The van der Waals surface area contributed by atoms with E-state index in [1.54, 1.807) is 0 Å². The Morgan fingerprint density at radius 2 is 2.36 bits per heavy atom. The normalized spacial score (nSPS) is 37.2. The Hall–Kier alpha value is -0.610. The van der Waals surface area contributed by atoms with Crippen LogP contribution in [0.3, 0.4) is 0 Å². The number of ether oxygens (including phenoxy) is 1. The third kappa shape index (κ3) is 1.70. The van der Waals surface area contributed by atoms with E-state index in [-0.39, 0.29) is 18.1 Å². The van der Waals surface area contributed by atoms with E-state index in [1.807, 2.05) is 7.05 Å². The van der Waals surface area contributed by atoms with Crippen LogP contribution in [0.5, 0.6) is 0 Å². The van der Waals surface area contributed by atoms with Crippen molar-refractivity contribution in [1.29, 1.82) is 0 Å². The molecule has 4 heteroatoms. The SMILES string of the molecule is COC(=O)[C@H]1C[C@@H](O)C[NH+]1C. The summed E-state index contributed by atoms with van der Waals surface area (Å²) in [6.45, 7) is 0.639. The average molecular weight is 160 g/mol. The van der Waals surface area contributed by atoms with Gasteiger partial charge < -0.3 is 14.7 Å². The molecule has 0 aromatic rings. The Bertz CT molecular complexity index is 160. The molecule has 1 saturated heterocycles. The molecule has 64 valence electrons. The van der Waals surface area contributed by atoms with Gasteiger partial charge in [-0.3, -0.25) is 0 Å². The lowest BCUT2D eigenvalue weighted by atomic mass is 10.2. The first-order chi connectivity index (χ1) is 5.15. The number of aliphatic hydroxyl groups excluding tert-OH is 1. The molecule has 1 unspecified atom stereocenters. The number of likely N-dealkylation sites (tertiary alicyclic amines) is 1. The zero-order valence-corrected chi connectivity index (χ0v) is 6.83. The number of nitrogens with one attached hydrogen (secondary N) is 1. The first-order valence-corrected chi connectivity index (χ1v) is 3.73. The maximum atomic E-state index is 11.0. The minimum absolute atomic E-state index is 0.171. The van der Waals surface area contributed by atoms with Crippen molar-refractivity contribution in [3.63, 3.8) is 0 Å². The third-order valence-corrected chi connectivity index (χ3v) is 2.15. The summed E-state index contributed by atoms with van der Waals surface area (Å²) in [6.07, 6.45) is 0.178. The van der Waals surface area contributed by atoms with Crippen LogP contribution in [0.2, 0.25) is 0 Å². The van der Waals surface area contributed by atoms with E-state index in [2.05, 4.69) is 4.74 Å². The van der Waals surface area contributed by atoms with E-state index in [0.29, 0.717) is 13.0 Å². The van der Waals surface area contributed by atoms with Crippen molar-refractivity contribution >= 4 is 5.97 Å². The zero-order chi connectivity index (χ0) is 8.43. The van der Waals surface area contributed by atoms with E-state index in [4.69, 9.17) is 0 Å². The van der Waals surface area contributed by atoms with Gasteiger partial charge in [-0.2, -0.15) is 0 Å². The Labute approximate surface area is 65.8 Å². The van der Waals surface area contributed by atoms with Crippen LogP contribution in [-0.4, -0.2) is 43.9 Å². The number of quaternary nitrogens is 1. The van der Waals surface area contributed by atoms with Crippen molar-refractivity contribution in [2.45, 2.75) is 18.6 Å². The van der Waals surface area contributed by atoms with Gasteiger partial charge in [0.1, 0.15) is 12.6 Å². The molecule has 1 aliphatic rings.